The predicted octanol–water partition coefficient (Wildman–Crippen LogP) is 3.33. The predicted molar refractivity (Wildman–Crippen MR) is 79.9 cm³/mol. The first-order valence-electron chi connectivity index (χ1n) is 7.50. The van der Waals surface area contributed by atoms with Crippen LogP contribution < -0.4 is 5.32 Å². The topological polar surface area (TPSA) is 46.2 Å². The van der Waals surface area contributed by atoms with Gasteiger partial charge in [-0.05, 0) is 38.3 Å². The van der Waals surface area contributed by atoms with E-state index >= 15 is 0 Å². The Morgan fingerprint density at radius 3 is 2.35 bits per heavy atom. The molecule has 108 valence electrons. The summed E-state index contributed by atoms with van der Waals surface area (Å²) in [5, 5.41) is 2.92. The van der Waals surface area contributed by atoms with Crippen LogP contribution in [0.5, 0.6) is 0 Å². The van der Waals surface area contributed by atoms with E-state index in [1.807, 2.05) is 26.0 Å². The second kappa shape index (κ2) is 6.69. The van der Waals surface area contributed by atoms with Crippen LogP contribution >= 0.6 is 0 Å². The van der Waals surface area contributed by atoms with E-state index in [2.05, 4.69) is 5.32 Å². The van der Waals surface area contributed by atoms with Crippen LogP contribution in [0.2, 0.25) is 0 Å². The molecular formula is C17H23NO2. The molecule has 20 heavy (non-hydrogen) atoms. The van der Waals surface area contributed by atoms with Gasteiger partial charge in [0.1, 0.15) is 0 Å². The van der Waals surface area contributed by atoms with Gasteiger partial charge in [0.15, 0.2) is 0 Å². The molecule has 0 aromatic heterocycles. The largest absolute Gasteiger partial charge is 0.346 e. The van der Waals surface area contributed by atoms with E-state index in [1.54, 1.807) is 6.07 Å². The zero-order valence-electron chi connectivity index (χ0n) is 12.4. The zero-order chi connectivity index (χ0) is 14.5. The second-order valence-electron chi connectivity index (χ2n) is 5.81. The first kappa shape index (κ1) is 14.8. The van der Waals surface area contributed by atoms with Crippen molar-refractivity contribution in [1.29, 1.82) is 0 Å². The summed E-state index contributed by atoms with van der Waals surface area (Å²) in [7, 11) is 0. The average Bonchev–Trinajstić information content (AvgIpc) is 2.69. The van der Waals surface area contributed by atoms with Gasteiger partial charge >= 0.3 is 0 Å². The van der Waals surface area contributed by atoms with E-state index < -0.39 is 11.7 Å². The Kier molecular flexibility index (Phi) is 4.94. The molecule has 1 aliphatic rings. The summed E-state index contributed by atoms with van der Waals surface area (Å²) >= 11 is 0. The lowest BCUT2D eigenvalue weighted by Crippen LogP contribution is -2.39. The van der Waals surface area contributed by atoms with Gasteiger partial charge in [-0.1, -0.05) is 43.4 Å². The molecular weight excluding hydrogens is 250 g/mol. The molecule has 0 unspecified atom stereocenters. The van der Waals surface area contributed by atoms with Crippen molar-refractivity contribution in [2.24, 2.45) is 0 Å². The Labute approximate surface area is 120 Å². The van der Waals surface area contributed by atoms with E-state index in [0.717, 1.165) is 36.8 Å². The fourth-order valence-electron chi connectivity index (χ4n) is 2.78. The van der Waals surface area contributed by atoms with Gasteiger partial charge in [0.2, 0.25) is 5.78 Å². The Bertz CT molecular complexity index is 500. The molecule has 1 fully saturated rings. The summed E-state index contributed by atoms with van der Waals surface area (Å²) in [6, 6.07) is 5.81. The summed E-state index contributed by atoms with van der Waals surface area (Å²) in [5.74, 6) is -0.860. The third-order valence-electron chi connectivity index (χ3n) is 4.03. The molecule has 3 nitrogen and oxygen atoms in total. The fraction of sp³-hybridized carbons (Fsp3) is 0.529. The molecule has 1 saturated carbocycles. The summed E-state index contributed by atoms with van der Waals surface area (Å²) in [6.07, 6.45) is 6.73. The third-order valence-corrected chi connectivity index (χ3v) is 4.03. The van der Waals surface area contributed by atoms with Crippen LogP contribution in [0, 0.1) is 13.8 Å². The zero-order valence-corrected chi connectivity index (χ0v) is 12.4. The summed E-state index contributed by atoms with van der Waals surface area (Å²) in [4.78, 5) is 24.4. The maximum Gasteiger partial charge on any atom is 0.292 e. The van der Waals surface area contributed by atoms with Crippen LogP contribution in [0.4, 0.5) is 0 Å². The van der Waals surface area contributed by atoms with Crippen LogP contribution in [0.3, 0.4) is 0 Å². The molecule has 1 amide bonds. The van der Waals surface area contributed by atoms with Gasteiger partial charge in [0.05, 0.1) is 0 Å². The first-order chi connectivity index (χ1) is 9.58. The van der Waals surface area contributed by atoms with E-state index in [9.17, 15) is 9.59 Å². The molecule has 1 aromatic rings. The molecule has 2 rings (SSSR count). The molecule has 0 saturated heterocycles. The fourth-order valence-corrected chi connectivity index (χ4v) is 2.78. The number of benzene rings is 1. The quantitative estimate of drug-likeness (QED) is 0.521. The van der Waals surface area contributed by atoms with Crippen molar-refractivity contribution in [2.75, 3.05) is 0 Å². The van der Waals surface area contributed by atoms with Gasteiger partial charge in [-0.3, -0.25) is 9.59 Å². The number of Topliss-reactive ketones (excluding diaryl/α,β-unsaturated/α-hetero) is 1. The molecule has 0 bridgehead atoms. The van der Waals surface area contributed by atoms with Crippen LogP contribution in [-0.2, 0) is 4.79 Å². The Balaban J connectivity index is 2.04. The van der Waals surface area contributed by atoms with Gasteiger partial charge < -0.3 is 5.32 Å². The summed E-state index contributed by atoms with van der Waals surface area (Å²) in [5.41, 5.74) is 2.38. The minimum absolute atomic E-state index is 0.166. The number of carbonyl (C=O) groups is 2. The normalized spacial score (nSPS) is 16.5. The van der Waals surface area contributed by atoms with Crippen molar-refractivity contribution < 1.29 is 9.59 Å². The van der Waals surface area contributed by atoms with Crippen LogP contribution in [0.1, 0.15) is 60.0 Å². The van der Waals surface area contributed by atoms with Crippen LogP contribution in [0.15, 0.2) is 18.2 Å². The van der Waals surface area contributed by atoms with E-state index in [0.29, 0.717) is 5.56 Å². The van der Waals surface area contributed by atoms with Crippen molar-refractivity contribution in [3.8, 4) is 0 Å². The summed E-state index contributed by atoms with van der Waals surface area (Å²) < 4.78 is 0. The lowest BCUT2D eigenvalue weighted by molar-refractivity contribution is -0.117. The number of carbonyl (C=O) groups excluding carboxylic acids is 2. The number of amides is 1. The van der Waals surface area contributed by atoms with Gasteiger partial charge in [0, 0.05) is 11.6 Å². The molecule has 0 heterocycles. The first-order valence-corrected chi connectivity index (χ1v) is 7.50. The highest BCUT2D eigenvalue weighted by atomic mass is 16.2. The van der Waals surface area contributed by atoms with Gasteiger partial charge in [-0.2, -0.15) is 0 Å². The van der Waals surface area contributed by atoms with Crippen molar-refractivity contribution >= 4 is 11.7 Å². The highest BCUT2D eigenvalue weighted by Crippen LogP contribution is 2.18. The number of hydrogen-bond acceptors (Lipinski definition) is 2. The van der Waals surface area contributed by atoms with Gasteiger partial charge in [-0.15, -0.1) is 0 Å². The third kappa shape index (κ3) is 3.69. The second-order valence-corrected chi connectivity index (χ2v) is 5.81. The molecule has 3 heteroatoms. The van der Waals surface area contributed by atoms with Crippen molar-refractivity contribution in [2.45, 2.75) is 58.4 Å². The molecule has 0 radical (unpaired) electrons. The standard InChI is InChI=1S/C17H23NO2/c1-12-9-10-13(2)15(11-12)16(19)17(20)18-14-7-5-3-4-6-8-14/h9-11,14H,3-8H2,1-2H3,(H,18,20). The smallest absolute Gasteiger partial charge is 0.292 e. The number of ketones is 1. The average molecular weight is 273 g/mol. The maximum atomic E-state index is 12.3. The lowest BCUT2D eigenvalue weighted by atomic mass is 10.0. The number of aryl methyl sites for hydroxylation is 2. The summed E-state index contributed by atoms with van der Waals surface area (Å²) in [6.45, 7) is 3.80. The number of nitrogens with one attached hydrogen (secondary N) is 1. The molecule has 1 aliphatic carbocycles. The number of rotatable bonds is 3. The van der Waals surface area contributed by atoms with Gasteiger partial charge in [-0.25, -0.2) is 0 Å². The monoisotopic (exact) mass is 273 g/mol. The molecule has 0 aliphatic heterocycles. The van der Waals surface area contributed by atoms with Crippen molar-refractivity contribution in [1.82, 2.24) is 5.32 Å². The molecule has 0 spiro atoms. The van der Waals surface area contributed by atoms with Crippen LogP contribution in [-0.4, -0.2) is 17.7 Å². The Hall–Kier alpha value is -1.64. The molecule has 0 atom stereocenters. The molecule has 1 aromatic carbocycles. The minimum Gasteiger partial charge on any atom is -0.346 e. The SMILES string of the molecule is Cc1ccc(C)c(C(=O)C(=O)NC2CCCCCC2)c1. The minimum atomic E-state index is -0.453. The Morgan fingerprint density at radius 2 is 1.70 bits per heavy atom. The van der Waals surface area contributed by atoms with Crippen molar-refractivity contribution in [3.05, 3.63) is 34.9 Å². The molecule has 1 N–H and O–H groups in total. The van der Waals surface area contributed by atoms with E-state index in [1.165, 1.54) is 12.8 Å². The maximum absolute atomic E-state index is 12.3. The van der Waals surface area contributed by atoms with E-state index in [4.69, 9.17) is 0 Å². The number of hydrogen-bond donors (Lipinski definition) is 1. The van der Waals surface area contributed by atoms with Crippen LogP contribution in [0.25, 0.3) is 0 Å². The van der Waals surface area contributed by atoms with Gasteiger partial charge in [0.25, 0.3) is 5.91 Å². The highest BCUT2D eigenvalue weighted by molar-refractivity contribution is 6.43. The highest BCUT2D eigenvalue weighted by Gasteiger charge is 2.22. The lowest BCUT2D eigenvalue weighted by Gasteiger charge is -2.16. The Morgan fingerprint density at radius 1 is 1.05 bits per heavy atom. The van der Waals surface area contributed by atoms with Crippen molar-refractivity contribution in [3.63, 3.8) is 0 Å². The van der Waals surface area contributed by atoms with E-state index in [-0.39, 0.29) is 6.04 Å².